The number of halogens is 3. The fourth-order valence-electron chi connectivity index (χ4n) is 1.91. The van der Waals surface area contributed by atoms with Crippen molar-refractivity contribution in [3.05, 3.63) is 65.4 Å². The Labute approximate surface area is 146 Å². The SMILES string of the molecule is N#CC(C#N)=C(C#N)Nc1ccc(Oc2cccc(C(F)(F)F)c2)cc1. The van der Waals surface area contributed by atoms with Crippen LogP contribution in [0, 0.1) is 34.0 Å². The van der Waals surface area contributed by atoms with E-state index in [0.29, 0.717) is 5.69 Å². The first-order chi connectivity index (χ1) is 12.4. The van der Waals surface area contributed by atoms with Gasteiger partial charge in [0.2, 0.25) is 0 Å². The van der Waals surface area contributed by atoms with E-state index in [2.05, 4.69) is 5.32 Å². The van der Waals surface area contributed by atoms with Gasteiger partial charge in [-0.2, -0.15) is 29.0 Å². The molecule has 26 heavy (non-hydrogen) atoms. The number of benzene rings is 2. The molecular weight excluding hydrogens is 345 g/mol. The van der Waals surface area contributed by atoms with Gasteiger partial charge in [0.1, 0.15) is 35.4 Å². The van der Waals surface area contributed by atoms with Gasteiger partial charge in [0.05, 0.1) is 5.56 Å². The number of alkyl halides is 3. The van der Waals surface area contributed by atoms with Crippen LogP contribution in [0.1, 0.15) is 5.56 Å². The number of allylic oxidation sites excluding steroid dienone is 2. The van der Waals surface area contributed by atoms with Gasteiger partial charge in [-0.25, -0.2) is 0 Å². The van der Waals surface area contributed by atoms with E-state index >= 15 is 0 Å². The van der Waals surface area contributed by atoms with Gasteiger partial charge in [-0.3, -0.25) is 0 Å². The van der Waals surface area contributed by atoms with Gasteiger partial charge in [-0.05, 0) is 42.5 Å². The molecule has 0 atom stereocenters. The molecule has 0 heterocycles. The molecule has 0 radical (unpaired) electrons. The van der Waals surface area contributed by atoms with E-state index in [1.54, 1.807) is 18.2 Å². The maximum absolute atomic E-state index is 12.7. The van der Waals surface area contributed by atoms with Gasteiger partial charge in [-0.1, -0.05) is 6.07 Å². The highest BCUT2D eigenvalue weighted by atomic mass is 19.4. The van der Waals surface area contributed by atoms with Gasteiger partial charge < -0.3 is 10.1 Å². The molecule has 2 aromatic carbocycles. The van der Waals surface area contributed by atoms with Crippen LogP contribution in [0.3, 0.4) is 0 Å². The molecule has 8 heteroatoms. The van der Waals surface area contributed by atoms with Crippen molar-refractivity contribution in [3.63, 3.8) is 0 Å². The van der Waals surface area contributed by atoms with Gasteiger partial charge >= 0.3 is 6.18 Å². The molecule has 0 aliphatic rings. The third kappa shape index (κ3) is 4.53. The predicted molar refractivity (Wildman–Crippen MR) is 85.4 cm³/mol. The number of hydrogen-bond acceptors (Lipinski definition) is 5. The summed E-state index contributed by atoms with van der Waals surface area (Å²) in [5, 5.41) is 29.1. The average Bonchev–Trinajstić information content (AvgIpc) is 2.63. The number of anilines is 1. The van der Waals surface area contributed by atoms with Crippen molar-refractivity contribution in [2.75, 3.05) is 5.32 Å². The Kier molecular flexibility index (Phi) is 5.47. The molecule has 0 amide bonds. The number of nitriles is 3. The molecule has 2 aromatic rings. The highest BCUT2D eigenvalue weighted by Gasteiger charge is 2.30. The van der Waals surface area contributed by atoms with Crippen molar-refractivity contribution < 1.29 is 17.9 Å². The minimum Gasteiger partial charge on any atom is -0.457 e. The Morgan fingerprint density at radius 1 is 0.885 bits per heavy atom. The number of rotatable bonds is 4. The molecule has 0 aromatic heterocycles. The molecule has 0 fully saturated rings. The first kappa shape index (κ1) is 18.4. The quantitative estimate of drug-likeness (QED) is 0.801. The van der Waals surface area contributed by atoms with Gasteiger partial charge in [-0.15, -0.1) is 0 Å². The fraction of sp³-hybridized carbons (Fsp3) is 0.0556. The standard InChI is InChI=1S/C18H9F3N4O/c19-18(20,21)13-2-1-3-16(8-13)26-15-6-4-14(5-7-15)25-17(11-24)12(9-22)10-23/h1-8,25H. The Balaban J connectivity index is 2.17. The van der Waals surface area contributed by atoms with E-state index in [0.717, 1.165) is 12.1 Å². The summed E-state index contributed by atoms with van der Waals surface area (Å²) in [5.41, 5.74) is -0.989. The van der Waals surface area contributed by atoms with Crippen molar-refractivity contribution in [1.82, 2.24) is 0 Å². The summed E-state index contributed by atoms with van der Waals surface area (Å²) in [6.07, 6.45) is -4.47. The molecule has 0 spiro atoms. The van der Waals surface area contributed by atoms with E-state index in [1.807, 2.05) is 0 Å². The summed E-state index contributed by atoms with van der Waals surface area (Å²) < 4.78 is 43.5. The molecule has 1 N–H and O–H groups in total. The molecule has 128 valence electrons. The van der Waals surface area contributed by atoms with Crippen molar-refractivity contribution in [1.29, 1.82) is 15.8 Å². The van der Waals surface area contributed by atoms with Crippen LogP contribution < -0.4 is 10.1 Å². The molecular formula is C18H9F3N4O. The minimum atomic E-state index is -4.47. The van der Waals surface area contributed by atoms with Crippen LogP contribution in [0.15, 0.2) is 59.8 Å². The molecule has 0 aliphatic carbocycles. The average molecular weight is 354 g/mol. The zero-order chi connectivity index (χ0) is 19.2. The molecule has 0 saturated carbocycles. The van der Waals surface area contributed by atoms with Gasteiger partial charge in [0.15, 0.2) is 5.57 Å². The molecule has 0 bridgehead atoms. The van der Waals surface area contributed by atoms with Crippen LogP contribution in [0.2, 0.25) is 0 Å². The second-order valence-corrected chi connectivity index (χ2v) is 4.86. The summed E-state index contributed by atoms with van der Waals surface area (Å²) >= 11 is 0. The highest BCUT2D eigenvalue weighted by molar-refractivity contribution is 5.59. The maximum Gasteiger partial charge on any atom is 0.416 e. The van der Waals surface area contributed by atoms with Crippen LogP contribution in [-0.4, -0.2) is 0 Å². The Morgan fingerprint density at radius 3 is 2.08 bits per heavy atom. The van der Waals surface area contributed by atoms with Gasteiger partial charge in [0.25, 0.3) is 0 Å². The van der Waals surface area contributed by atoms with Crippen molar-refractivity contribution in [3.8, 4) is 29.7 Å². The third-order valence-corrected chi connectivity index (χ3v) is 3.11. The van der Waals surface area contributed by atoms with E-state index in [1.165, 1.54) is 36.4 Å². The summed E-state index contributed by atoms with van der Waals surface area (Å²) in [6, 6.07) is 15.3. The molecule has 5 nitrogen and oxygen atoms in total. The zero-order valence-corrected chi connectivity index (χ0v) is 13.0. The predicted octanol–water partition coefficient (Wildman–Crippen LogP) is 4.73. The van der Waals surface area contributed by atoms with E-state index in [9.17, 15) is 13.2 Å². The van der Waals surface area contributed by atoms with Crippen LogP contribution in [0.25, 0.3) is 0 Å². The largest absolute Gasteiger partial charge is 0.457 e. The lowest BCUT2D eigenvalue weighted by molar-refractivity contribution is -0.137. The van der Waals surface area contributed by atoms with E-state index < -0.39 is 11.7 Å². The normalized spacial score (nSPS) is 10.0. The van der Waals surface area contributed by atoms with E-state index in [-0.39, 0.29) is 22.8 Å². The summed E-state index contributed by atoms with van der Waals surface area (Å²) in [4.78, 5) is 0. The number of nitrogens with one attached hydrogen (secondary N) is 1. The lowest BCUT2D eigenvalue weighted by atomic mass is 10.2. The Bertz CT molecular complexity index is 942. The minimum absolute atomic E-state index is 0.0226. The van der Waals surface area contributed by atoms with Crippen molar-refractivity contribution in [2.24, 2.45) is 0 Å². The Morgan fingerprint density at radius 2 is 1.54 bits per heavy atom. The number of ether oxygens (including phenoxy) is 1. The lowest BCUT2D eigenvalue weighted by Gasteiger charge is -2.10. The second-order valence-electron chi connectivity index (χ2n) is 4.86. The van der Waals surface area contributed by atoms with Crippen LogP contribution in [0.4, 0.5) is 18.9 Å². The topological polar surface area (TPSA) is 92.6 Å². The van der Waals surface area contributed by atoms with Gasteiger partial charge in [0, 0.05) is 5.69 Å². The smallest absolute Gasteiger partial charge is 0.416 e. The summed E-state index contributed by atoms with van der Waals surface area (Å²) in [7, 11) is 0. The number of hydrogen-bond donors (Lipinski definition) is 1. The van der Waals surface area contributed by atoms with Crippen molar-refractivity contribution >= 4 is 5.69 Å². The zero-order valence-electron chi connectivity index (χ0n) is 13.0. The summed E-state index contributed by atoms with van der Waals surface area (Å²) in [6.45, 7) is 0. The third-order valence-electron chi connectivity index (χ3n) is 3.11. The van der Waals surface area contributed by atoms with Crippen LogP contribution in [0.5, 0.6) is 11.5 Å². The molecule has 0 saturated heterocycles. The second kappa shape index (κ2) is 7.74. The van der Waals surface area contributed by atoms with E-state index in [4.69, 9.17) is 20.5 Å². The maximum atomic E-state index is 12.7. The Hall–Kier alpha value is -3.96. The van der Waals surface area contributed by atoms with Crippen LogP contribution in [-0.2, 0) is 6.18 Å². The first-order valence-electron chi connectivity index (χ1n) is 7.04. The lowest BCUT2D eigenvalue weighted by Crippen LogP contribution is -2.04. The van der Waals surface area contributed by atoms with Crippen LogP contribution >= 0.6 is 0 Å². The molecule has 0 aliphatic heterocycles. The van der Waals surface area contributed by atoms with Crippen molar-refractivity contribution in [2.45, 2.75) is 6.18 Å². The molecule has 0 unspecified atom stereocenters. The monoisotopic (exact) mass is 354 g/mol. The summed E-state index contributed by atoms with van der Waals surface area (Å²) in [5.74, 6) is 0.299. The molecule has 2 rings (SSSR count). The fourth-order valence-corrected chi connectivity index (χ4v) is 1.91. The first-order valence-corrected chi connectivity index (χ1v) is 7.04. The number of nitrogens with zero attached hydrogens (tertiary/aromatic N) is 3. The highest BCUT2D eigenvalue weighted by Crippen LogP contribution is 2.32.